The second-order valence-corrected chi connectivity index (χ2v) is 8.82. The summed E-state index contributed by atoms with van der Waals surface area (Å²) in [5.74, 6) is 2.14. The Labute approximate surface area is 197 Å². The van der Waals surface area contributed by atoms with Crippen LogP contribution in [-0.2, 0) is 0 Å². The van der Waals surface area contributed by atoms with Crippen molar-refractivity contribution in [3.63, 3.8) is 0 Å². The van der Waals surface area contributed by atoms with Gasteiger partial charge in [0.25, 0.3) is 0 Å². The maximum atomic E-state index is 5.42. The summed E-state index contributed by atoms with van der Waals surface area (Å²) in [7, 11) is 3.85. The zero-order valence-corrected chi connectivity index (χ0v) is 20.2. The zero-order chi connectivity index (χ0) is 21.8. The molecule has 3 aromatic rings. The molecule has 0 spiro atoms. The Hall–Kier alpha value is -2.59. The normalized spacial score (nSPS) is 14.4. The quantitative estimate of drug-likeness (QED) is 0.451. The van der Waals surface area contributed by atoms with E-state index < -0.39 is 0 Å². The minimum absolute atomic E-state index is 0.554. The van der Waals surface area contributed by atoms with E-state index in [2.05, 4.69) is 84.3 Å². The second kappa shape index (κ2) is 9.69. The third-order valence-corrected chi connectivity index (χ3v) is 6.27. The first-order valence-electron chi connectivity index (χ1n) is 10.3. The molecule has 7 nitrogen and oxygen atoms in total. The van der Waals surface area contributed by atoms with E-state index in [1.807, 2.05) is 31.3 Å². The van der Waals surface area contributed by atoms with Crippen molar-refractivity contribution in [2.45, 2.75) is 6.92 Å². The lowest BCUT2D eigenvalue weighted by Gasteiger charge is -2.34. The highest BCUT2D eigenvalue weighted by Gasteiger charge is 2.14. The lowest BCUT2D eigenvalue weighted by atomic mass is 10.2. The molecule has 0 amide bonds. The van der Waals surface area contributed by atoms with E-state index >= 15 is 0 Å². The number of hydrogen-bond acceptors (Lipinski definition) is 7. The molecule has 4 rings (SSSR count). The van der Waals surface area contributed by atoms with Crippen molar-refractivity contribution in [2.75, 3.05) is 55.9 Å². The lowest BCUT2D eigenvalue weighted by molar-refractivity contribution is 0.313. The molecular weight excluding hydrogens is 503 g/mol. The minimum atomic E-state index is 0.554. The molecule has 2 N–H and O–H groups in total. The average molecular weight is 530 g/mol. The summed E-state index contributed by atoms with van der Waals surface area (Å²) in [4.78, 5) is 13.9. The van der Waals surface area contributed by atoms with Crippen molar-refractivity contribution in [1.82, 2.24) is 14.9 Å². The third-order valence-electron chi connectivity index (χ3n) is 5.38. The number of likely N-dealkylation sites (N-methyl/N-ethyl adjacent to an activating group) is 1. The Morgan fingerprint density at radius 3 is 2.39 bits per heavy atom. The van der Waals surface area contributed by atoms with Gasteiger partial charge in [0.05, 0.1) is 10.7 Å². The van der Waals surface area contributed by atoms with E-state index in [-0.39, 0.29) is 0 Å². The number of halogens is 1. The summed E-state index contributed by atoms with van der Waals surface area (Å²) in [6.07, 6.45) is 1.82. The summed E-state index contributed by atoms with van der Waals surface area (Å²) in [6, 6.07) is 14.4. The van der Waals surface area contributed by atoms with Crippen LogP contribution in [0.1, 0.15) is 5.56 Å². The van der Waals surface area contributed by atoms with Crippen LogP contribution in [-0.4, -0.2) is 55.2 Å². The molecule has 0 bridgehead atoms. The van der Waals surface area contributed by atoms with E-state index in [1.165, 1.54) is 5.69 Å². The topological polar surface area (TPSA) is 65.6 Å². The second-order valence-electron chi connectivity index (χ2n) is 7.66. The number of benzene rings is 2. The summed E-state index contributed by atoms with van der Waals surface area (Å²) in [6.45, 7) is 6.30. The molecule has 2 heterocycles. The van der Waals surface area contributed by atoms with Crippen LogP contribution in [0.5, 0.6) is 5.75 Å². The van der Waals surface area contributed by atoms with Crippen LogP contribution in [0.25, 0.3) is 0 Å². The Bertz CT molecular complexity index is 1030. The van der Waals surface area contributed by atoms with Crippen LogP contribution in [0.3, 0.4) is 0 Å². The van der Waals surface area contributed by atoms with Crippen LogP contribution in [0.2, 0.25) is 0 Å². The van der Waals surface area contributed by atoms with E-state index in [4.69, 9.17) is 4.74 Å². The number of aromatic nitrogens is 2. The van der Waals surface area contributed by atoms with Gasteiger partial charge in [-0.3, -0.25) is 0 Å². The molecule has 0 unspecified atom stereocenters. The fourth-order valence-electron chi connectivity index (χ4n) is 3.45. The van der Waals surface area contributed by atoms with Crippen molar-refractivity contribution < 1.29 is 4.74 Å². The molecule has 0 radical (unpaired) electrons. The van der Waals surface area contributed by atoms with Gasteiger partial charge in [0.2, 0.25) is 5.95 Å². The van der Waals surface area contributed by atoms with Crippen molar-refractivity contribution in [3.8, 4) is 5.75 Å². The highest BCUT2D eigenvalue weighted by molar-refractivity contribution is 14.1. The minimum Gasteiger partial charge on any atom is -0.496 e. The summed E-state index contributed by atoms with van der Waals surface area (Å²) >= 11 is 2.26. The summed E-state index contributed by atoms with van der Waals surface area (Å²) in [5, 5.41) is 6.68. The molecule has 1 fully saturated rings. The fourth-order valence-corrected chi connectivity index (χ4v) is 4.01. The molecular formula is C23H27IN6O. The number of methoxy groups -OCH3 is 1. The van der Waals surface area contributed by atoms with E-state index in [0.29, 0.717) is 5.95 Å². The number of ether oxygens (including phenoxy) is 1. The van der Waals surface area contributed by atoms with Crippen LogP contribution >= 0.6 is 22.6 Å². The SMILES string of the molecule is COc1cc(Nc2nc(Nc3ccc(N4CCN(C)CC4)cc3)ncc2C)ccc1I. The van der Waals surface area contributed by atoms with Crippen molar-refractivity contribution in [1.29, 1.82) is 0 Å². The first kappa shape index (κ1) is 21.6. The first-order valence-corrected chi connectivity index (χ1v) is 11.3. The molecule has 0 atom stereocenters. The molecule has 1 saturated heterocycles. The van der Waals surface area contributed by atoms with Crippen LogP contribution in [0, 0.1) is 10.5 Å². The van der Waals surface area contributed by atoms with Gasteiger partial charge in [0, 0.05) is 61.1 Å². The van der Waals surface area contributed by atoms with Crippen molar-refractivity contribution in [3.05, 3.63) is 57.8 Å². The van der Waals surface area contributed by atoms with E-state index in [9.17, 15) is 0 Å². The van der Waals surface area contributed by atoms with Gasteiger partial charge >= 0.3 is 0 Å². The summed E-state index contributed by atoms with van der Waals surface area (Å²) < 4.78 is 6.48. The van der Waals surface area contributed by atoms with E-state index in [0.717, 1.165) is 58.3 Å². The Morgan fingerprint density at radius 1 is 0.968 bits per heavy atom. The Balaban J connectivity index is 1.46. The number of piperazine rings is 1. The molecule has 162 valence electrons. The molecule has 1 aliphatic heterocycles. The van der Waals surface area contributed by atoms with E-state index in [1.54, 1.807) is 7.11 Å². The maximum absolute atomic E-state index is 5.42. The summed E-state index contributed by atoms with van der Waals surface area (Å²) in [5.41, 5.74) is 4.09. The van der Waals surface area contributed by atoms with Gasteiger partial charge < -0.3 is 25.2 Å². The predicted octanol–water partition coefficient (Wildman–Crippen LogP) is 4.64. The highest BCUT2D eigenvalue weighted by Crippen LogP contribution is 2.28. The Morgan fingerprint density at radius 2 is 1.68 bits per heavy atom. The molecule has 0 aliphatic carbocycles. The number of aryl methyl sites for hydroxylation is 1. The van der Waals surface area contributed by atoms with Gasteiger partial charge in [-0.25, -0.2) is 4.98 Å². The van der Waals surface area contributed by atoms with Gasteiger partial charge in [0.15, 0.2) is 0 Å². The van der Waals surface area contributed by atoms with Gasteiger partial charge in [-0.2, -0.15) is 4.98 Å². The predicted molar refractivity (Wildman–Crippen MR) is 135 cm³/mol. The molecule has 1 aromatic heterocycles. The van der Waals surface area contributed by atoms with Gasteiger partial charge in [-0.1, -0.05) is 0 Å². The van der Waals surface area contributed by atoms with Crippen LogP contribution < -0.4 is 20.3 Å². The number of rotatable bonds is 6. The van der Waals surface area contributed by atoms with Crippen molar-refractivity contribution in [2.24, 2.45) is 0 Å². The first-order chi connectivity index (χ1) is 15.0. The smallest absolute Gasteiger partial charge is 0.229 e. The van der Waals surface area contributed by atoms with Crippen molar-refractivity contribution >= 4 is 51.4 Å². The monoisotopic (exact) mass is 530 g/mol. The van der Waals surface area contributed by atoms with Gasteiger partial charge in [-0.05, 0) is 73.0 Å². The standard InChI is InChI=1S/C23H27IN6O/c1-16-15-25-23(28-22(16)26-18-6-9-20(24)21(14-18)31-3)27-17-4-7-19(8-5-17)30-12-10-29(2)11-13-30/h4-9,14-15H,10-13H2,1-3H3,(H2,25,26,27,28). The maximum Gasteiger partial charge on any atom is 0.229 e. The highest BCUT2D eigenvalue weighted by atomic mass is 127. The molecule has 31 heavy (non-hydrogen) atoms. The largest absolute Gasteiger partial charge is 0.496 e. The van der Waals surface area contributed by atoms with Crippen LogP contribution in [0.4, 0.5) is 28.8 Å². The number of nitrogens with one attached hydrogen (secondary N) is 2. The number of nitrogens with zero attached hydrogens (tertiary/aromatic N) is 4. The molecule has 2 aromatic carbocycles. The number of hydrogen-bond donors (Lipinski definition) is 2. The molecule has 8 heteroatoms. The zero-order valence-electron chi connectivity index (χ0n) is 18.0. The number of anilines is 5. The molecule has 1 aliphatic rings. The third kappa shape index (κ3) is 5.37. The lowest BCUT2D eigenvalue weighted by Crippen LogP contribution is -2.44. The molecule has 0 saturated carbocycles. The fraction of sp³-hybridized carbons (Fsp3) is 0.304. The van der Waals surface area contributed by atoms with Gasteiger partial charge in [0.1, 0.15) is 11.6 Å². The van der Waals surface area contributed by atoms with Gasteiger partial charge in [-0.15, -0.1) is 0 Å². The van der Waals surface area contributed by atoms with Crippen LogP contribution in [0.15, 0.2) is 48.7 Å². The average Bonchev–Trinajstić information content (AvgIpc) is 2.78. The Kier molecular flexibility index (Phi) is 6.77.